The summed E-state index contributed by atoms with van der Waals surface area (Å²) in [7, 11) is 0. The monoisotopic (exact) mass is 490 g/mol. The summed E-state index contributed by atoms with van der Waals surface area (Å²) in [5.41, 5.74) is -2.14. The van der Waals surface area contributed by atoms with Crippen LogP contribution in [0.4, 0.5) is 48.3 Å². The van der Waals surface area contributed by atoms with Gasteiger partial charge in [-0.05, 0) is 32.6 Å². The van der Waals surface area contributed by atoms with Crippen LogP contribution in [0.3, 0.4) is 0 Å². The Bertz CT molecular complexity index is 755. The maximum atomic E-state index is 13.1. The summed E-state index contributed by atoms with van der Waals surface area (Å²) < 4.78 is 140. The molecule has 2 nitrogen and oxygen atoms in total. The number of halogens is 11. The van der Waals surface area contributed by atoms with Crippen molar-refractivity contribution < 1.29 is 57.8 Å². The predicted octanol–water partition coefficient (Wildman–Crippen LogP) is 7.35. The fourth-order valence-electron chi connectivity index (χ4n) is 1.99. The lowest BCUT2D eigenvalue weighted by atomic mass is 9.90. The molecule has 13 heteroatoms. The molecule has 1 atom stereocenters. The van der Waals surface area contributed by atoms with Crippen LogP contribution in [-0.4, -0.2) is 24.4 Å². The molecule has 186 valence electrons. The lowest BCUT2D eigenvalue weighted by Gasteiger charge is -2.27. The average Bonchev–Trinajstić information content (AvgIpc) is 2.67. The number of alkyl halides is 6. The number of rotatable bonds is 5. The minimum Gasteiger partial charge on any atom is -0.442 e. The van der Waals surface area contributed by atoms with Crippen molar-refractivity contribution in [2.45, 2.75) is 71.8 Å². The molecule has 1 aromatic carbocycles. The van der Waals surface area contributed by atoms with Crippen LogP contribution in [0.25, 0.3) is 0 Å². The molecule has 0 bridgehead atoms. The van der Waals surface area contributed by atoms with Crippen molar-refractivity contribution in [3.05, 3.63) is 34.6 Å². The standard InChI is InChI=1S/C10H9F5.C9H12F6O2/c1-3-4(2)5-6(11)8(13)10(15)9(14)7(5)12;1-4-7(2,3)6(16)17-5(8(10,11)12)9(13,14)15/h4H,3H2,1-2H3;5H,4H2,1-3H3. The number of benzene rings is 1. The number of carbonyl (C=O) groups excluding carboxylic acids is 1. The van der Waals surface area contributed by atoms with Gasteiger partial charge in [-0.25, -0.2) is 22.0 Å². The zero-order chi connectivity index (χ0) is 25.8. The Morgan fingerprint density at radius 2 is 1.12 bits per heavy atom. The Morgan fingerprint density at radius 3 is 1.41 bits per heavy atom. The van der Waals surface area contributed by atoms with Crippen LogP contribution in [0.5, 0.6) is 0 Å². The van der Waals surface area contributed by atoms with E-state index in [1.54, 1.807) is 6.92 Å². The molecule has 0 radical (unpaired) electrons. The molecule has 0 fully saturated rings. The van der Waals surface area contributed by atoms with E-state index in [0.717, 1.165) is 0 Å². The zero-order valence-corrected chi connectivity index (χ0v) is 17.5. The highest BCUT2D eigenvalue weighted by Gasteiger charge is 2.60. The molecule has 0 spiro atoms. The summed E-state index contributed by atoms with van der Waals surface area (Å²) in [6, 6.07) is 0. The van der Waals surface area contributed by atoms with E-state index in [9.17, 15) is 53.1 Å². The van der Waals surface area contributed by atoms with E-state index in [0.29, 0.717) is 6.42 Å². The number of ether oxygens (including phenoxy) is 1. The first-order chi connectivity index (χ1) is 14.2. The van der Waals surface area contributed by atoms with Crippen molar-refractivity contribution in [3.8, 4) is 0 Å². The van der Waals surface area contributed by atoms with Crippen molar-refractivity contribution >= 4 is 5.97 Å². The summed E-state index contributed by atoms with van der Waals surface area (Å²) in [5, 5.41) is 0. The molecule has 0 saturated heterocycles. The summed E-state index contributed by atoms with van der Waals surface area (Å²) in [4.78, 5) is 11.2. The van der Waals surface area contributed by atoms with Gasteiger partial charge in [0.2, 0.25) is 5.82 Å². The predicted molar refractivity (Wildman–Crippen MR) is 91.0 cm³/mol. The van der Waals surface area contributed by atoms with Gasteiger partial charge in [-0.1, -0.05) is 20.8 Å². The van der Waals surface area contributed by atoms with Crippen LogP contribution in [0.2, 0.25) is 0 Å². The lowest BCUT2D eigenvalue weighted by Crippen LogP contribution is -2.47. The van der Waals surface area contributed by atoms with Crippen molar-refractivity contribution in [3.63, 3.8) is 0 Å². The summed E-state index contributed by atoms with van der Waals surface area (Å²) in [6.07, 6.45) is -15.1. The summed E-state index contributed by atoms with van der Waals surface area (Å²) >= 11 is 0. The van der Waals surface area contributed by atoms with Crippen LogP contribution in [0.15, 0.2) is 0 Å². The Labute approximate surface area is 176 Å². The maximum Gasteiger partial charge on any atom is 0.434 e. The van der Waals surface area contributed by atoms with E-state index >= 15 is 0 Å². The van der Waals surface area contributed by atoms with E-state index in [1.165, 1.54) is 27.7 Å². The summed E-state index contributed by atoms with van der Waals surface area (Å²) in [5.74, 6) is -11.6. The van der Waals surface area contributed by atoms with Gasteiger partial charge in [0.1, 0.15) is 0 Å². The van der Waals surface area contributed by atoms with Gasteiger partial charge in [-0.3, -0.25) is 4.79 Å². The van der Waals surface area contributed by atoms with Gasteiger partial charge in [-0.2, -0.15) is 26.3 Å². The first-order valence-electron chi connectivity index (χ1n) is 9.09. The largest absolute Gasteiger partial charge is 0.442 e. The molecule has 1 aromatic rings. The molecule has 0 N–H and O–H groups in total. The second kappa shape index (κ2) is 10.7. The molecular formula is C19H21F11O2. The Balaban J connectivity index is 0.000000604. The molecule has 0 saturated carbocycles. The number of hydrogen-bond acceptors (Lipinski definition) is 2. The highest BCUT2D eigenvalue weighted by Crippen LogP contribution is 2.37. The van der Waals surface area contributed by atoms with Crippen LogP contribution < -0.4 is 0 Å². The van der Waals surface area contributed by atoms with Gasteiger partial charge < -0.3 is 4.74 Å². The second-order valence-electron chi connectivity index (χ2n) is 7.40. The van der Waals surface area contributed by atoms with E-state index in [4.69, 9.17) is 0 Å². The quantitative estimate of drug-likeness (QED) is 0.187. The van der Waals surface area contributed by atoms with Gasteiger partial charge >= 0.3 is 18.3 Å². The van der Waals surface area contributed by atoms with Crippen LogP contribution in [0.1, 0.15) is 58.9 Å². The van der Waals surface area contributed by atoms with Gasteiger partial charge in [0.05, 0.1) is 5.41 Å². The zero-order valence-electron chi connectivity index (χ0n) is 17.5. The molecular weight excluding hydrogens is 469 g/mol. The second-order valence-corrected chi connectivity index (χ2v) is 7.40. The van der Waals surface area contributed by atoms with Crippen LogP contribution in [-0.2, 0) is 9.53 Å². The van der Waals surface area contributed by atoms with Crippen molar-refractivity contribution in [2.24, 2.45) is 5.41 Å². The molecule has 0 aliphatic rings. The maximum absolute atomic E-state index is 13.1. The molecule has 0 aromatic heterocycles. The van der Waals surface area contributed by atoms with Crippen molar-refractivity contribution in [1.29, 1.82) is 0 Å². The van der Waals surface area contributed by atoms with Gasteiger partial charge in [0.15, 0.2) is 23.3 Å². The number of carbonyl (C=O) groups is 1. The van der Waals surface area contributed by atoms with E-state index in [2.05, 4.69) is 4.74 Å². The van der Waals surface area contributed by atoms with Crippen LogP contribution in [0, 0.1) is 34.5 Å². The number of esters is 1. The van der Waals surface area contributed by atoms with Crippen LogP contribution >= 0.6 is 0 Å². The molecule has 0 aliphatic carbocycles. The van der Waals surface area contributed by atoms with E-state index in [1.807, 2.05) is 0 Å². The first kappa shape index (κ1) is 29.9. The molecule has 32 heavy (non-hydrogen) atoms. The third-order valence-electron chi connectivity index (χ3n) is 4.60. The third-order valence-corrected chi connectivity index (χ3v) is 4.60. The number of hydrogen-bond donors (Lipinski definition) is 0. The van der Waals surface area contributed by atoms with Gasteiger partial charge in [0, 0.05) is 5.56 Å². The highest BCUT2D eigenvalue weighted by atomic mass is 19.4. The van der Waals surface area contributed by atoms with E-state index < -0.39 is 70.4 Å². The fourth-order valence-corrected chi connectivity index (χ4v) is 1.99. The minimum absolute atomic E-state index is 0.0638. The Hall–Kier alpha value is -2.08. The normalized spacial score (nSPS) is 13.5. The Morgan fingerprint density at radius 1 is 0.781 bits per heavy atom. The fraction of sp³-hybridized carbons (Fsp3) is 0.632. The average molecular weight is 490 g/mol. The lowest BCUT2D eigenvalue weighted by molar-refractivity contribution is -0.315. The SMILES string of the molecule is CCC(C)(C)C(=O)OC(C(F)(F)F)C(F)(F)F.CCC(C)c1c(F)c(F)c(F)c(F)c1F. The third kappa shape index (κ3) is 7.22. The Kier molecular flexibility index (Phi) is 10.00. The first-order valence-corrected chi connectivity index (χ1v) is 9.09. The highest BCUT2D eigenvalue weighted by molar-refractivity contribution is 5.76. The van der Waals surface area contributed by atoms with Gasteiger partial charge in [0.25, 0.3) is 6.10 Å². The van der Waals surface area contributed by atoms with Crippen molar-refractivity contribution in [1.82, 2.24) is 0 Å². The smallest absolute Gasteiger partial charge is 0.434 e. The summed E-state index contributed by atoms with van der Waals surface area (Å²) in [6.45, 7) is 6.87. The molecule has 1 unspecified atom stereocenters. The minimum atomic E-state index is -5.67. The molecule has 1 rings (SSSR count). The van der Waals surface area contributed by atoms with E-state index in [-0.39, 0.29) is 6.42 Å². The molecule has 0 heterocycles. The van der Waals surface area contributed by atoms with Crippen molar-refractivity contribution in [2.75, 3.05) is 0 Å². The molecule has 0 aliphatic heterocycles. The van der Waals surface area contributed by atoms with Gasteiger partial charge in [-0.15, -0.1) is 0 Å². The topological polar surface area (TPSA) is 26.3 Å². The molecule has 0 amide bonds.